The van der Waals surface area contributed by atoms with Crippen molar-refractivity contribution in [3.63, 3.8) is 0 Å². The fourth-order valence-electron chi connectivity index (χ4n) is 2.00. The molecule has 1 atom stereocenters. The first-order valence-corrected chi connectivity index (χ1v) is 6.18. The van der Waals surface area contributed by atoms with Gasteiger partial charge in [0.25, 0.3) is 0 Å². The highest BCUT2D eigenvalue weighted by Gasteiger charge is 2.19. The van der Waals surface area contributed by atoms with Crippen LogP contribution in [0.25, 0.3) is 0 Å². The molecular weight excluding hydrogens is 230 g/mol. The molecule has 1 aromatic carbocycles. The molecule has 1 fully saturated rings. The minimum Gasteiger partial charge on any atom is -0.399 e. The predicted octanol–water partition coefficient (Wildman–Crippen LogP) is 1.91. The van der Waals surface area contributed by atoms with Crippen molar-refractivity contribution in [3.05, 3.63) is 24.3 Å². The number of amides is 2. The molecule has 1 unspecified atom stereocenters. The Labute approximate surface area is 107 Å². The third-order valence-corrected chi connectivity index (χ3v) is 2.88. The number of nitrogen functional groups attached to an aromatic ring is 1. The number of urea groups is 1. The van der Waals surface area contributed by atoms with Crippen molar-refractivity contribution in [1.82, 2.24) is 4.90 Å². The Bertz CT molecular complexity index is 422. The summed E-state index contributed by atoms with van der Waals surface area (Å²) in [5.41, 5.74) is 7.03. The van der Waals surface area contributed by atoms with Gasteiger partial charge in [-0.1, -0.05) is 6.07 Å². The first-order valence-electron chi connectivity index (χ1n) is 6.18. The lowest BCUT2D eigenvalue weighted by Crippen LogP contribution is -2.38. The zero-order valence-electron chi connectivity index (χ0n) is 10.6. The number of hydrogen-bond acceptors (Lipinski definition) is 3. The van der Waals surface area contributed by atoms with Crippen LogP contribution in [0.1, 0.15) is 13.3 Å². The fraction of sp³-hybridized carbons (Fsp3) is 0.462. The number of nitrogens with two attached hydrogens (primary N) is 1. The van der Waals surface area contributed by atoms with E-state index in [9.17, 15) is 4.79 Å². The quantitative estimate of drug-likeness (QED) is 0.747. The normalized spacial score (nSPS) is 20.3. The van der Waals surface area contributed by atoms with Crippen molar-refractivity contribution in [2.75, 3.05) is 30.7 Å². The summed E-state index contributed by atoms with van der Waals surface area (Å²) in [5, 5.41) is 2.85. The Morgan fingerprint density at radius 3 is 3.17 bits per heavy atom. The van der Waals surface area contributed by atoms with Crippen molar-refractivity contribution in [1.29, 1.82) is 0 Å². The smallest absolute Gasteiger partial charge is 0.321 e. The van der Waals surface area contributed by atoms with Crippen LogP contribution in [0.2, 0.25) is 0 Å². The molecular formula is C13H19N3O2. The van der Waals surface area contributed by atoms with Crippen molar-refractivity contribution >= 4 is 17.4 Å². The average Bonchev–Trinajstić information content (AvgIpc) is 2.54. The van der Waals surface area contributed by atoms with Crippen molar-refractivity contribution in [2.45, 2.75) is 19.4 Å². The van der Waals surface area contributed by atoms with Crippen molar-refractivity contribution in [2.24, 2.45) is 0 Å². The highest BCUT2D eigenvalue weighted by Crippen LogP contribution is 2.13. The van der Waals surface area contributed by atoms with Crippen LogP contribution in [0.4, 0.5) is 16.2 Å². The summed E-state index contributed by atoms with van der Waals surface area (Å²) < 4.78 is 5.51. The molecule has 0 bridgehead atoms. The second kappa shape index (κ2) is 5.73. The van der Waals surface area contributed by atoms with Crippen molar-refractivity contribution in [3.8, 4) is 0 Å². The summed E-state index contributed by atoms with van der Waals surface area (Å²) in [5.74, 6) is 0. The molecule has 1 heterocycles. The number of ether oxygens (including phenoxy) is 1. The third kappa shape index (κ3) is 3.37. The van der Waals surface area contributed by atoms with Gasteiger partial charge >= 0.3 is 6.03 Å². The highest BCUT2D eigenvalue weighted by molar-refractivity contribution is 5.89. The maximum absolute atomic E-state index is 12.1. The molecule has 1 aromatic rings. The number of nitrogens with one attached hydrogen (secondary N) is 1. The monoisotopic (exact) mass is 249 g/mol. The van der Waals surface area contributed by atoms with Crippen LogP contribution in [-0.4, -0.2) is 36.7 Å². The molecule has 5 heteroatoms. The molecule has 0 radical (unpaired) electrons. The summed E-state index contributed by atoms with van der Waals surface area (Å²) in [6.45, 7) is 4.03. The van der Waals surface area contributed by atoms with E-state index in [1.54, 1.807) is 17.0 Å². The van der Waals surface area contributed by atoms with Gasteiger partial charge in [-0.15, -0.1) is 0 Å². The Balaban J connectivity index is 1.98. The minimum absolute atomic E-state index is 0.0825. The summed E-state index contributed by atoms with van der Waals surface area (Å²) in [7, 11) is 0. The number of rotatable bonds is 1. The van der Waals surface area contributed by atoms with E-state index in [1.807, 2.05) is 19.1 Å². The van der Waals surface area contributed by atoms with Crippen LogP contribution in [0.5, 0.6) is 0 Å². The molecule has 2 amide bonds. The molecule has 0 aromatic heterocycles. The van der Waals surface area contributed by atoms with Gasteiger partial charge in [-0.2, -0.15) is 0 Å². The van der Waals surface area contributed by atoms with Crippen LogP contribution in [0.15, 0.2) is 24.3 Å². The van der Waals surface area contributed by atoms with E-state index in [0.29, 0.717) is 18.8 Å². The third-order valence-electron chi connectivity index (χ3n) is 2.88. The number of carbonyl (C=O) groups excluding carboxylic acids is 1. The molecule has 18 heavy (non-hydrogen) atoms. The zero-order valence-corrected chi connectivity index (χ0v) is 10.6. The van der Waals surface area contributed by atoms with Gasteiger partial charge in [-0.05, 0) is 31.5 Å². The van der Waals surface area contributed by atoms with Crippen LogP contribution in [0.3, 0.4) is 0 Å². The number of carbonyl (C=O) groups is 1. The molecule has 1 aliphatic heterocycles. The van der Waals surface area contributed by atoms with E-state index < -0.39 is 0 Å². The summed E-state index contributed by atoms with van der Waals surface area (Å²) in [4.78, 5) is 13.9. The lowest BCUT2D eigenvalue weighted by Gasteiger charge is -2.22. The van der Waals surface area contributed by atoms with E-state index in [0.717, 1.165) is 18.7 Å². The Hall–Kier alpha value is -1.75. The predicted molar refractivity (Wildman–Crippen MR) is 71.5 cm³/mol. The van der Waals surface area contributed by atoms with Gasteiger partial charge in [0.05, 0.1) is 6.10 Å². The van der Waals surface area contributed by atoms with E-state index in [4.69, 9.17) is 10.5 Å². The molecule has 2 rings (SSSR count). The molecule has 0 saturated carbocycles. The van der Waals surface area contributed by atoms with Gasteiger partial charge in [0.15, 0.2) is 0 Å². The first-order chi connectivity index (χ1) is 8.65. The molecule has 0 aliphatic carbocycles. The summed E-state index contributed by atoms with van der Waals surface area (Å²) >= 11 is 0. The van der Waals surface area contributed by atoms with E-state index in [-0.39, 0.29) is 12.1 Å². The second-order valence-electron chi connectivity index (χ2n) is 4.54. The van der Waals surface area contributed by atoms with E-state index in [1.165, 1.54) is 0 Å². The Morgan fingerprint density at radius 1 is 1.56 bits per heavy atom. The van der Waals surface area contributed by atoms with Gasteiger partial charge in [0.2, 0.25) is 0 Å². The van der Waals surface area contributed by atoms with E-state index >= 15 is 0 Å². The van der Waals surface area contributed by atoms with Gasteiger partial charge < -0.3 is 20.7 Å². The lowest BCUT2D eigenvalue weighted by molar-refractivity contribution is 0.0718. The average molecular weight is 249 g/mol. The Morgan fingerprint density at radius 2 is 2.39 bits per heavy atom. The van der Waals surface area contributed by atoms with Gasteiger partial charge in [0.1, 0.15) is 0 Å². The zero-order chi connectivity index (χ0) is 13.0. The molecule has 5 nitrogen and oxygen atoms in total. The number of nitrogens with zero attached hydrogens (tertiary/aromatic N) is 1. The molecule has 98 valence electrons. The lowest BCUT2D eigenvalue weighted by atomic mass is 10.3. The molecule has 1 aliphatic rings. The molecule has 0 spiro atoms. The SMILES string of the molecule is CC1CN(C(=O)Nc2cccc(N)c2)CCCO1. The maximum atomic E-state index is 12.1. The van der Waals surface area contributed by atoms with Crippen LogP contribution < -0.4 is 11.1 Å². The number of benzene rings is 1. The van der Waals surface area contributed by atoms with Gasteiger partial charge in [-0.25, -0.2) is 4.79 Å². The van der Waals surface area contributed by atoms with Gasteiger partial charge in [0, 0.05) is 31.1 Å². The van der Waals surface area contributed by atoms with Crippen molar-refractivity contribution < 1.29 is 9.53 Å². The van der Waals surface area contributed by atoms with Crippen LogP contribution in [-0.2, 0) is 4.74 Å². The number of anilines is 2. The first kappa shape index (κ1) is 12.7. The standard InChI is InChI=1S/C13H19N3O2/c1-10-9-16(6-3-7-18-10)13(17)15-12-5-2-4-11(14)8-12/h2,4-5,8,10H,3,6-7,9,14H2,1H3,(H,15,17). The second-order valence-corrected chi connectivity index (χ2v) is 4.54. The van der Waals surface area contributed by atoms with E-state index in [2.05, 4.69) is 5.32 Å². The van der Waals surface area contributed by atoms with Crippen LogP contribution >= 0.6 is 0 Å². The number of hydrogen-bond donors (Lipinski definition) is 2. The largest absolute Gasteiger partial charge is 0.399 e. The molecule has 3 N–H and O–H groups in total. The Kier molecular flexibility index (Phi) is 4.04. The molecule has 1 saturated heterocycles. The highest BCUT2D eigenvalue weighted by atomic mass is 16.5. The topological polar surface area (TPSA) is 67.6 Å². The maximum Gasteiger partial charge on any atom is 0.321 e. The summed E-state index contributed by atoms with van der Waals surface area (Å²) in [6.07, 6.45) is 0.952. The van der Waals surface area contributed by atoms with Gasteiger partial charge in [-0.3, -0.25) is 0 Å². The fourth-order valence-corrected chi connectivity index (χ4v) is 2.00. The van der Waals surface area contributed by atoms with Crippen LogP contribution in [0, 0.1) is 0 Å². The minimum atomic E-state index is -0.0991. The summed E-state index contributed by atoms with van der Waals surface area (Å²) in [6, 6.07) is 7.08.